The maximum Gasteiger partial charge on any atom is 0.295 e. The minimum atomic E-state index is -2.89. The van der Waals surface area contributed by atoms with Gasteiger partial charge in [-0.25, -0.2) is 8.42 Å². The van der Waals surface area contributed by atoms with Gasteiger partial charge in [-0.05, 0) is 18.6 Å². The van der Waals surface area contributed by atoms with Gasteiger partial charge in [0.15, 0.2) is 5.58 Å². The van der Waals surface area contributed by atoms with E-state index in [4.69, 9.17) is 4.42 Å². The van der Waals surface area contributed by atoms with Crippen molar-refractivity contribution in [2.75, 3.05) is 23.9 Å². The third kappa shape index (κ3) is 3.45. The van der Waals surface area contributed by atoms with Crippen LogP contribution >= 0.6 is 0 Å². The number of nitrogens with zero attached hydrogens (tertiary/aromatic N) is 1. The molecule has 2 aromatic rings. The van der Waals surface area contributed by atoms with Crippen molar-refractivity contribution in [3.05, 3.63) is 24.3 Å². The van der Waals surface area contributed by atoms with E-state index in [0.29, 0.717) is 19.0 Å². The molecule has 17 heavy (non-hydrogen) atoms. The Labute approximate surface area is 99.8 Å². The van der Waals surface area contributed by atoms with E-state index >= 15 is 0 Å². The molecular weight excluding hydrogens is 240 g/mol. The predicted molar refractivity (Wildman–Crippen MR) is 66.8 cm³/mol. The van der Waals surface area contributed by atoms with Crippen LogP contribution in [0.4, 0.5) is 6.01 Å². The molecule has 92 valence electrons. The van der Waals surface area contributed by atoms with E-state index in [-0.39, 0.29) is 5.75 Å². The zero-order valence-electron chi connectivity index (χ0n) is 9.51. The molecule has 0 aliphatic carbocycles. The first-order chi connectivity index (χ1) is 8.04. The predicted octanol–water partition coefficient (Wildman–Crippen LogP) is 1.67. The summed E-state index contributed by atoms with van der Waals surface area (Å²) in [4.78, 5) is 4.22. The number of aromatic nitrogens is 1. The summed E-state index contributed by atoms with van der Waals surface area (Å²) in [7, 11) is -2.89. The first-order valence-electron chi connectivity index (χ1n) is 5.32. The molecule has 0 amide bonds. The van der Waals surface area contributed by atoms with Crippen molar-refractivity contribution in [3.63, 3.8) is 0 Å². The molecule has 0 aliphatic heterocycles. The van der Waals surface area contributed by atoms with Crippen molar-refractivity contribution in [2.24, 2.45) is 0 Å². The van der Waals surface area contributed by atoms with Gasteiger partial charge in [-0.2, -0.15) is 4.98 Å². The summed E-state index contributed by atoms with van der Waals surface area (Å²) in [5.74, 6) is 0.167. The molecule has 0 aliphatic rings. The first kappa shape index (κ1) is 11.9. The molecule has 0 bridgehead atoms. The Bertz CT molecular complexity index is 571. The van der Waals surface area contributed by atoms with E-state index in [0.717, 1.165) is 11.1 Å². The van der Waals surface area contributed by atoms with Crippen molar-refractivity contribution in [1.82, 2.24) is 4.98 Å². The number of benzene rings is 1. The number of hydrogen-bond donors (Lipinski definition) is 1. The molecule has 1 N–H and O–H groups in total. The molecular formula is C11H14N2O3S. The third-order valence-corrected chi connectivity index (χ3v) is 3.29. The van der Waals surface area contributed by atoms with E-state index in [2.05, 4.69) is 10.3 Å². The van der Waals surface area contributed by atoms with Crippen molar-refractivity contribution >= 4 is 27.0 Å². The highest BCUT2D eigenvalue weighted by Gasteiger charge is 2.05. The first-order valence-corrected chi connectivity index (χ1v) is 7.38. The summed E-state index contributed by atoms with van der Waals surface area (Å²) in [5, 5.41) is 2.96. The summed E-state index contributed by atoms with van der Waals surface area (Å²) in [6, 6.07) is 7.89. The van der Waals surface area contributed by atoms with Crippen molar-refractivity contribution in [2.45, 2.75) is 6.42 Å². The van der Waals surface area contributed by atoms with E-state index in [1.807, 2.05) is 24.3 Å². The normalized spacial score (nSPS) is 11.8. The molecule has 0 fully saturated rings. The zero-order valence-corrected chi connectivity index (χ0v) is 10.3. The average Bonchev–Trinajstić information content (AvgIpc) is 2.65. The van der Waals surface area contributed by atoms with Crippen LogP contribution in [0, 0.1) is 0 Å². The zero-order chi connectivity index (χ0) is 12.3. The molecule has 0 unspecified atom stereocenters. The highest BCUT2D eigenvalue weighted by molar-refractivity contribution is 7.90. The van der Waals surface area contributed by atoms with E-state index < -0.39 is 9.84 Å². The molecule has 0 saturated carbocycles. The molecule has 6 heteroatoms. The topological polar surface area (TPSA) is 72.2 Å². The largest absolute Gasteiger partial charge is 0.424 e. The molecule has 0 atom stereocenters. The van der Waals surface area contributed by atoms with Gasteiger partial charge in [-0.15, -0.1) is 0 Å². The lowest BCUT2D eigenvalue weighted by molar-refractivity contribution is 0.597. The van der Waals surface area contributed by atoms with Crippen LogP contribution in [0.1, 0.15) is 6.42 Å². The van der Waals surface area contributed by atoms with Crippen LogP contribution < -0.4 is 5.32 Å². The molecule has 1 heterocycles. The number of nitrogens with one attached hydrogen (secondary N) is 1. The highest BCUT2D eigenvalue weighted by Crippen LogP contribution is 2.17. The molecule has 2 rings (SSSR count). The second-order valence-corrected chi connectivity index (χ2v) is 6.16. The quantitative estimate of drug-likeness (QED) is 0.822. The second-order valence-electron chi connectivity index (χ2n) is 3.90. The van der Waals surface area contributed by atoms with E-state index in [1.54, 1.807) is 0 Å². The van der Waals surface area contributed by atoms with Crippen LogP contribution in [0.2, 0.25) is 0 Å². The third-order valence-electron chi connectivity index (χ3n) is 2.26. The number of fused-ring (bicyclic) bond motifs is 1. The lowest BCUT2D eigenvalue weighted by atomic mass is 10.3. The summed E-state index contributed by atoms with van der Waals surface area (Å²) in [5.41, 5.74) is 1.51. The van der Waals surface area contributed by atoms with Crippen LogP contribution in [0.25, 0.3) is 11.1 Å². The van der Waals surface area contributed by atoms with Gasteiger partial charge in [0.05, 0.1) is 5.75 Å². The lowest BCUT2D eigenvalue weighted by Gasteiger charge is -1.99. The fraction of sp³-hybridized carbons (Fsp3) is 0.364. The Morgan fingerprint density at radius 3 is 2.82 bits per heavy atom. The number of para-hydroxylation sites is 2. The Hall–Kier alpha value is -1.56. The minimum absolute atomic E-state index is 0.167. The monoisotopic (exact) mass is 254 g/mol. The summed E-state index contributed by atoms with van der Waals surface area (Å²) >= 11 is 0. The van der Waals surface area contributed by atoms with Crippen LogP contribution in [0.15, 0.2) is 28.7 Å². The molecule has 1 aromatic carbocycles. The molecule has 5 nitrogen and oxygen atoms in total. The van der Waals surface area contributed by atoms with Crippen molar-refractivity contribution < 1.29 is 12.8 Å². The minimum Gasteiger partial charge on any atom is -0.424 e. The van der Waals surface area contributed by atoms with E-state index in [9.17, 15) is 8.42 Å². The average molecular weight is 254 g/mol. The van der Waals surface area contributed by atoms with Gasteiger partial charge in [0.1, 0.15) is 15.4 Å². The smallest absolute Gasteiger partial charge is 0.295 e. The fourth-order valence-corrected chi connectivity index (χ4v) is 2.15. The van der Waals surface area contributed by atoms with Crippen LogP contribution in [-0.2, 0) is 9.84 Å². The fourth-order valence-electron chi connectivity index (χ4n) is 1.48. The Balaban J connectivity index is 1.91. The van der Waals surface area contributed by atoms with Crippen LogP contribution in [-0.4, -0.2) is 32.0 Å². The van der Waals surface area contributed by atoms with Gasteiger partial charge in [-0.1, -0.05) is 12.1 Å². The highest BCUT2D eigenvalue weighted by atomic mass is 32.2. The van der Waals surface area contributed by atoms with Gasteiger partial charge in [0.25, 0.3) is 6.01 Å². The Morgan fingerprint density at radius 2 is 2.12 bits per heavy atom. The molecule has 0 radical (unpaired) electrons. The van der Waals surface area contributed by atoms with Crippen molar-refractivity contribution in [3.8, 4) is 0 Å². The second kappa shape index (κ2) is 4.75. The van der Waals surface area contributed by atoms with Gasteiger partial charge >= 0.3 is 0 Å². The Kier molecular flexibility index (Phi) is 3.33. The van der Waals surface area contributed by atoms with E-state index in [1.165, 1.54) is 6.26 Å². The number of sulfone groups is 1. The van der Waals surface area contributed by atoms with Crippen LogP contribution in [0.5, 0.6) is 0 Å². The van der Waals surface area contributed by atoms with Gasteiger partial charge < -0.3 is 9.73 Å². The number of hydrogen-bond acceptors (Lipinski definition) is 5. The standard InChI is InChI=1S/C11H14N2O3S/c1-17(14,15)8-4-7-12-11-13-9-5-2-3-6-10(9)16-11/h2-3,5-6H,4,7-8H2,1H3,(H,12,13). The Morgan fingerprint density at radius 1 is 1.35 bits per heavy atom. The molecule has 0 spiro atoms. The van der Waals surface area contributed by atoms with Gasteiger partial charge in [0.2, 0.25) is 0 Å². The lowest BCUT2D eigenvalue weighted by Crippen LogP contribution is -2.09. The SMILES string of the molecule is CS(=O)(=O)CCCNc1nc2ccccc2o1. The summed E-state index contributed by atoms with van der Waals surface area (Å²) in [6.07, 6.45) is 1.77. The number of rotatable bonds is 5. The van der Waals surface area contributed by atoms with Crippen LogP contribution in [0.3, 0.4) is 0 Å². The number of oxazole rings is 1. The summed E-state index contributed by atoms with van der Waals surface area (Å²) < 4.78 is 27.3. The van der Waals surface area contributed by atoms with Crippen molar-refractivity contribution in [1.29, 1.82) is 0 Å². The maximum atomic E-state index is 10.9. The van der Waals surface area contributed by atoms with Gasteiger partial charge in [0, 0.05) is 12.8 Å². The maximum absolute atomic E-state index is 10.9. The number of anilines is 1. The summed E-state index contributed by atoms with van der Waals surface area (Å²) in [6.45, 7) is 0.528. The molecule has 1 aromatic heterocycles. The van der Waals surface area contributed by atoms with Gasteiger partial charge in [-0.3, -0.25) is 0 Å². The molecule has 0 saturated heterocycles.